The second-order valence-corrected chi connectivity index (χ2v) is 8.42. The van der Waals surface area contributed by atoms with Crippen LogP contribution in [0.3, 0.4) is 0 Å². The number of Topliss-reactive ketones (excluding diaryl/α,β-unsaturated/α-hetero) is 1. The number of aliphatic hydroxyl groups is 1. The molecule has 33 heavy (non-hydrogen) atoms. The molecule has 176 valence electrons. The highest BCUT2D eigenvalue weighted by molar-refractivity contribution is 6.46. The van der Waals surface area contributed by atoms with Gasteiger partial charge in [0.05, 0.1) is 25.3 Å². The summed E-state index contributed by atoms with van der Waals surface area (Å²) in [4.78, 5) is 29.6. The average molecular weight is 453 g/mol. The molecule has 1 fully saturated rings. The van der Waals surface area contributed by atoms with Crippen molar-refractivity contribution in [2.24, 2.45) is 0 Å². The van der Waals surface area contributed by atoms with E-state index in [0.717, 1.165) is 12.0 Å². The summed E-state index contributed by atoms with van der Waals surface area (Å²) in [5.74, 6) is -0.398. The van der Waals surface area contributed by atoms with Gasteiger partial charge in [-0.15, -0.1) is 0 Å². The van der Waals surface area contributed by atoms with Crippen LogP contribution in [0.5, 0.6) is 11.5 Å². The van der Waals surface area contributed by atoms with Gasteiger partial charge in [0.1, 0.15) is 5.76 Å². The fourth-order valence-electron chi connectivity index (χ4n) is 3.82. The lowest BCUT2D eigenvalue weighted by molar-refractivity contribution is -0.140. The topological polar surface area (TPSA) is 79.3 Å². The van der Waals surface area contributed by atoms with E-state index in [4.69, 9.17) is 9.47 Å². The van der Waals surface area contributed by atoms with Gasteiger partial charge >= 0.3 is 0 Å². The van der Waals surface area contributed by atoms with E-state index < -0.39 is 17.7 Å². The number of aryl methyl sites for hydroxylation is 1. The van der Waals surface area contributed by atoms with Crippen molar-refractivity contribution < 1.29 is 24.2 Å². The van der Waals surface area contributed by atoms with Gasteiger partial charge < -0.3 is 24.4 Å². The largest absolute Gasteiger partial charge is 0.507 e. The number of hydrogen-bond acceptors (Lipinski definition) is 6. The van der Waals surface area contributed by atoms with Crippen LogP contribution in [0.2, 0.25) is 0 Å². The van der Waals surface area contributed by atoms with Gasteiger partial charge in [-0.2, -0.15) is 0 Å². The standard InChI is InChI=1S/C26H32N2O5/c1-6-15-33-21-16-19(11-12-20(21)32-5)23-22(24(29)18-9-7-17(2)8-10-18)25(30)26(31)28(23)14-13-27(3)4/h7-12,16,23,29H,6,13-15H2,1-5H3/b24-22-. The molecule has 1 atom stereocenters. The zero-order valence-corrected chi connectivity index (χ0v) is 19.9. The van der Waals surface area contributed by atoms with Crippen LogP contribution in [0, 0.1) is 6.92 Å². The molecule has 0 spiro atoms. The smallest absolute Gasteiger partial charge is 0.295 e. The molecule has 7 heteroatoms. The van der Waals surface area contributed by atoms with Gasteiger partial charge in [-0.3, -0.25) is 9.59 Å². The number of nitrogens with zero attached hydrogens (tertiary/aromatic N) is 2. The number of ketones is 1. The first-order chi connectivity index (χ1) is 15.8. The maximum Gasteiger partial charge on any atom is 0.295 e. The predicted molar refractivity (Wildman–Crippen MR) is 128 cm³/mol. The van der Waals surface area contributed by atoms with E-state index in [0.29, 0.717) is 42.3 Å². The molecular weight excluding hydrogens is 420 g/mol. The Balaban J connectivity index is 2.16. The van der Waals surface area contributed by atoms with Crippen LogP contribution in [0.4, 0.5) is 0 Å². The molecule has 1 unspecified atom stereocenters. The molecule has 1 heterocycles. The van der Waals surface area contributed by atoms with Gasteiger partial charge in [0.15, 0.2) is 11.5 Å². The molecular formula is C26H32N2O5. The third-order valence-corrected chi connectivity index (χ3v) is 5.62. The average Bonchev–Trinajstić information content (AvgIpc) is 3.06. The first-order valence-electron chi connectivity index (χ1n) is 11.1. The van der Waals surface area contributed by atoms with Gasteiger partial charge in [-0.05, 0) is 45.1 Å². The molecule has 0 radical (unpaired) electrons. The Bertz CT molecular complexity index is 1040. The maximum atomic E-state index is 13.1. The molecule has 1 aliphatic heterocycles. The summed E-state index contributed by atoms with van der Waals surface area (Å²) in [5, 5.41) is 11.2. The highest BCUT2D eigenvalue weighted by atomic mass is 16.5. The molecule has 0 saturated carbocycles. The Labute approximate surface area is 195 Å². The summed E-state index contributed by atoms with van der Waals surface area (Å²) in [6.45, 7) is 5.37. The van der Waals surface area contributed by atoms with E-state index in [9.17, 15) is 14.7 Å². The number of likely N-dealkylation sites (tertiary alicyclic amines) is 1. The Morgan fingerprint density at radius 2 is 1.79 bits per heavy atom. The SMILES string of the molecule is CCCOc1cc(C2/C(=C(/O)c3ccc(C)cc3)C(=O)C(=O)N2CCN(C)C)ccc1OC. The lowest BCUT2D eigenvalue weighted by atomic mass is 9.94. The van der Waals surface area contributed by atoms with Crippen molar-refractivity contribution in [2.45, 2.75) is 26.3 Å². The van der Waals surface area contributed by atoms with E-state index in [2.05, 4.69) is 0 Å². The molecule has 2 aromatic carbocycles. The molecule has 0 aliphatic carbocycles. The monoisotopic (exact) mass is 452 g/mol. The zero-order chi connectivity index (χ0) is 24.1. The number of ether oxygens (including phenoxy) is 2. The Kier molecular flexibility index (Phi) is 7.76. The Hall–Kier alpha value is -3.32. The summed E-state index contributed by atoms with van der Waals surface area (Å²) < 4.78 is 11.3. The minimum atomic E-state index is -0.735. The van der Waals surface area contributed by atoms with E-state index in [1.54, 1.807) is 37.4 Å². The third-order valence-electron chi connectivity index (χ3n) is 5.62. The van der Waals surface area contributed by atoms with E-state index >= 15 is 0 Å². The number of benzene rings is 2. The summed E-state index contributed by atoms with van der Waals surface area (Å²) in [5.41, 5.74) is 2.28. The van der Waals surface area contributed by atoms with Crippen molar-refractivity contribution in [3.63, 3.8) is 0 Å². The van der Waals surface area contributed by atoms with Crippen molar-refractivity contribution in [2.75, 3.05) is 40.9 Å². The molecule has 0 aromatic heterocycles. The number of carbonyl (C=O) groups is 2. The summed E-state index contributed by atoms with van der Waals surface area (Å²) in [6.07, 6.45) is 0.822. The first-order valence-corrected chi connectivity index (χ1v) is 11.1. The number of aliphatic hydroxyl groups excluding tert-OH is 1. The van der Waals surface area contributed by atoms with Crippen LogP contribution < -0.4 is 9.47 Å². The van der Waals surface area contributed by atoms with Crippen LogP contribution in [0.15, 0.2) is 48.0 Å². The molecule has 2 aromatic rings. The van der Waals surface area contributed by atoms with Crippen LogP contribution >= 0.6 is 0 Å². The number of methoxy groups -OCH3 is 1. The third kappa shape index (κ3) is 5.20. The van der Waals surface area contributed by atoms with Crippen molar-refractivity contribution in [1.82, 2.24) is 9.80 Å². The van der Waals surface area contributed by atoms with Crippen LogP contribution in [0.1, 0.15) is 36.1 Å². The number of likely N-dealkylation sites (N-methyl/N-ethyl adjacent to an activating group) is 1. The number of carbonyl (C=O) groups excluding carboxylic acids is 2. The Morgan fingerprint density at radius 3 is 2.39 bits per heavy atom. The highest BCUT2D eigenvalue weighted by Gasteiger charge is 2.46. The minimum Gasteiger partial charge on any atom is -0.507 e. The number of hydrogen-bond donors (Lipinski definition) is 1. The van der Waals surface area contributed by atoms with Crippen molar-refractivity contribution in [1.29, 1.82) is 0 Å². The molecule has 1 aliphatic rings. The van der Waals surface area contributed by atoms with Gasteiger partial charge in [0.25, 0.3) is 11.7 Å². The van der Waals surface area contributed by atoms with Gasteiger partial charge in [0, 0.05) is 18.7 Å². The van der Waals surface area contributed by atoms with Gasteiger partial charge in [-0.1, -0.05) is 42.8 Å². The normalized spacial score (nSPS) is 17.6. The molecule has 1 saturated heterocycles. The summed E-state index contributed by atoms with van der Waals surface area (Å²) in [7, 11) is 5.37. The van der Waals surface area contributed by atoms with Crippen molar-refractivity contribution in [3.05, 3.63) is 64.7 Å². The molecule has 1 amide bonds. The van der Waals surface area contributed by atoms with Crippen LogP contribution in [-0.4, -0.2) is 67.5 Å². The van der Waals surface area contributed by atoms with Crippen LogP contribution in [0.25, 0.3) is 5.76 Å². The number of rotatable bonds is 9. The van der Waals surface area contributed by atoms with Crippen molar-refractivity contribution >= 4 is 17.4 Å². The van der Waals surface area contributed by atoms with Gasteiger partial charge in [0.2, 0.25) is 0 Å². The fraction of sp³-hybridized carbons (Fsp3) is 0.385. The highest BCUT2D eigenvalue weighted by Crippen LogP contribution is 2.42. The lowest BCUT2D eigenvalue weighted by Gasteiger charge is -2.27. The Morgan fingerprint density at radius 1 is 1.09 bits per heavy atom. The molecule has 3 rings (SSSR count). The van der Waals surface area contributed by atoms with Crippen LogP contribution in [-0.2, 0) is 9.59 Å². The summed E-state index contributed by atoms with van der Waals surface area (Å²) in [6, 6.07) is 11.8. The molecule has 0 bridgehead atoms. The fourth-order valence-corrected chi connectivity index (χ4v) is 3.82. The molecule has 1 N–H and O–H groups in total. The maximum absolute atomic E-state index is 13.1. The predicted octanol–water partition coefficient (Wildman–Crippen LogP) is 3.78. The number of amides is 1. The second-order valence-electron chi connectivity index (χ2n) is 8.42. The van der Waals surface area contributed by atoms with E-state index in [1.165, 1.54) is 4.90 Å². The quantitative estimate of drug-likeness (QED) is 0.354. The lowest BCUT2D eigenvalue weighted by Crippen LogP contribution is -2.35. The van der Waals surface area contributed by atoms with E-state index in [1.807, 2.05) is 45.0 Å². The van der Waals surface area contributed by atoms with E-state index in [-0.39, 0.29) is 11.3 Å². The molecule has 7 nitrogen and oxygen atoms in total. The summed E-state index contributed by atoms with van der Waals surface area (Å²) >= 11 is 0. The first kappa shape index (κ1) is 24.3. The zero-order valence-electron chi connectivity index (χ0n) is 19.9. The minimum absolute atomic E-state index is 0.0780. The van der Waals surface area contributed by atoms with Gasteiger partial charge in [-0.25, -0.2) is 0 Å². The second kappa shape index (κ2) is 10.5. The van der Waals surface area contributed by atoms with Crippen molar-refractivity contribution in [3.8, 4) is 11.5 Å².